The van der Waals surface area contributed by atoms with Gasteiger partial charge >= 0.3 is 5.97 Å². The molecule has 1 fully saturated rings. The van der Waals surface area contributed by atoms with Gasteiger partial charge < -0.3 is 10.1 Å². The van der Waals surface area contributed by atoms with Gasteiger partial charge in [-0.2, -0.15) is 0 Å². The van der Waals surface area contributed by atoms with E-state index in [1.807, 2.05) is 12.1 Å². The molecule has 0 radical (unpaired) electrons. The summed E-state index contributed by atoms with van der Waals surface area (Å²) in [5.74, 6) is -0.157. The number of benzene rings is 1. The van der Waals surface area contributed by atoms with Crippen LogP contribution in [0.1, 0.15) is 47.2 Å². The van der Waals surface area contributed by atoms with Crippen LogP contribution in [-0.2, 0) is 17.7 Å². The van der Waals surface area contributed by atoms with E-state index in [1.165, 1.54) is 24.0 Å². The van der Waals surface area contributed by atoms with Crippen molar-refractivity contribution in [2.24, 2.45) is 0 Å². The van der Waals surface area contributed by atoms with E-state index in [9.17, 15) is 4.79 Å². The molecule has 0 atom stereocenters. The lowest BCUT2D eigenvalue weighted by Crippen LogP contribution is -2.24. The molecule has 3 heteroatoms. The smallest absolute Gasteiger partial charge is 0.338 e. The third kappa shape index (κ3) is 2.41. The number of fused-ring (bicyclic) bond motifs is 1. The Morgan fingerprint density at radius 3 is 2.89 bits per heavy atom. The Morgan fingerprint density at radius 2 is 2.06 bits per heavy atom. The Labute approximate surface area is 108 Å². The number of ether oxygens (including phenoxy) is 1. The van der Waals surface area contributed by atoms with E-state index in [2.05, 4.69) is 11.4 Å². The normalized spacial score (nSPS) is 19.6. The van der Waals surface area contributed by atoms with Crippen LogP contribution in [0.2, 0.25) is 0 Å². The van der Waals surface area contributed by atoms with Crippen LogP contribution in [0.5, 0.6) is 0 Å². The molecule has 1 aliphatic carbocycles. The Bertz CT molecular complexity index is 450. The summed E-state index contributed by atoms with van der Waals surface area (Å²) < 4.78 is 5.53. The summed E-state index contributed by atoms with van der Waals surface area (Å²) in [6, 6.07) is 5.96. The number of esters is 1. The lowest BCUT2D eigenvalue weighted by atomic mass is 9.98. The van der Waals surface area contributed by atoms with Crippen molar-refractivity contribution in [2.45, 2.75) is 44.8 Å². The van der Waals surface area contributed by atoms with Crippen LogP contribution in [0.25, 0.3) is 0 Å². The zero-order chi connectivity index (χ0) is 12.4. The molecule has 1 aromatic carbocycles. The van der Waals surface area contributed by atoms with Crippen LogP contribution in [0, 0.1) is 0 Å². The lowest BCUT2D eigenvalue weighted by Gasteiger charge is -2.18. The van der Waals surface area contributed by atoms with Crippen LogP contribution in [-0.4, -0.2) is 18.6 Å². The van der Waals surface area contributed by atoms with E-state index in [4.69, 9.17) is 4.74 Å². The van der Waals surface area contributed by atoms with Crippen molar-refractivity contribution in [3.8, 4) is 0 Å². The van der Waals surface area contributed by atoms with Crippen LogP contribution < -0.4 is 5.32 Å². The van der Waals surface area contributed by atoms with Gasteiger partial charge in [0.1, 0.15) is 6.10 Å². The molecule has 0 saturated heterocycles. The molecule has 1 N–H and O–H groups in total. The summed E-state index contributed by atoms with van der Waals surface area (Å²) >= 11 is 0. The molecule has 3 rings (SSSR count). The molecule has 0 amide bonds. The second-order valence-corrected chi connectivity index (χ2v) is 5.22. The fourth-order valence-corrected chi connectivity index (χ4v) is 2.83. The number of rotatable bonds is 2. The second-order valence-electron chi connectivity index (χ2n) is 5.22. The Balaban J connectivity index is 1.73. The van der Waals surface area contributed by atoms with Gasteiger partial charge in [0.15, 0.2) is 0 Å². The number of hydrogen-bond donors (Lipinski definition) is 1. The number of carbonyl (C=O) groups excluding carboxylic acids is 1. The van der Waals surface area contributed by atoms with E-state index >= 15 is 0 Å². The molecule has 1 aromatic rings. The average molecular weight is 245 g/mol. The molecule has 0 unspecified atom stereocenters. The molecule has 0 spiro atoms. The molecule has 0 aromatic heterocycles. The molecule has 18 heavy (non-hydrogen) atoms. The van der Waals surface area contributed by atoms with Crippen molar-refractivity contribution in [3.05, 3.63) is 34.9 Å². The third-order valence-corrected chi connectivity index (χ3v) is 3.90. The van der Waals surface area contributed by atoms with Gasteiger partial charge in [-0.05, 0) is 61.9 Å². The van der Waals surface area contributed by atoms with Crippen LogP contribution >= 0.6 is 0 Å². The Kier molecular flexibility index (Phi) is 3.33. The summed E-state index contributed by atoms with van der Waals surface area (Å²) in [5.41, 5.74) is 3.29. The van der Waals surface area contributed by atoms with E-state index < -0.39 is 0 Å². The molecule has 1 saturated carbocycles. The zero-order valence-electron chi connectivity index (χ0n) is 10.6. The molecular formula is C15H19NO2. The van der Waals surface area contributed by atoms with E-state index in [0.717, 1.165) is 32.4 Å². The van der Waals surface area contributed by atoms with Crippen LogP contribution in [0.15, 0.2) is 18.2 Å². The van der Waals surface area contributed by atoms with E-state index in [1.54, 1.807) is 0 Å². The lowest BCUT2D eigenvalue weighted by molar-refractivity contribution is 0.0317. The zero-order valence-corrected chi connectivity index (χ0v) is 10.6. The first kappa shape index (κ1) is 11.7. The standard InChI is InChI=1S/C15H19NO2/c17-15(18-14-3-1-2-4-14)12-6-5-11-7-8-16-10-13(11)9-12/h5-6,9,14,16H,1-4,7-8,10H2. The first-order valence-corrected chi connectivity index (χ1v) is 6.86. The van der Waals surface area contributed by atoms with Gasteiger partial charge in [-0.25, -0.2) is 4.79 Å². The number of hydrogen-bond acceptors (Lipinski definition) is 3. The summed E-state index contributed by atoms with van der Waals surface area (Å²) in [7, 11) is 0. The Morgan fingerprint density at radius 1 is 1.22 bits per heavy atom. The van der Waals surface area contributed by atoms with Gasteiger partial charge in [0, 0.05) is 6.54 Å². The van der Waals surface area contributed by atoms with Gasteiger partial charge in [0.25, 0.3) is 0 Å². The van der Waals surface area contributed by atoms with Crippen molar-refractivity contribution in [2.75, 3.05) is 6.54 Å². The summed E-state index contributed by atoms with van der Waals surface area (Å²) in [6.07, 6.45) is 5.62. The van der Waals surface area contributed by atoms with Crippen LogP contribution in [0.4, 0.5) is 0 Å². The topological polar surface area (TPSA) is 38.3 Å². The SMILES string of the molecule is O=C(OC1CCCC1)c1ccc2c(c1)CNCC2. The van der Waals surface area contributed by atoms with Crippen molar-refractivity contribution in [1.82, 2.24) is 5.32 Å². The largest absolute Gasteiger partial charge is 0.459 e. The molecule has 96 valence electrons. The fourth-order valence-electron chi connectivity index (χ4n) is 2.83. The first-order valence-electron chi connectivity index (χ1n) is 6.86. The number of carbonyl (C=O) groups is 1. The van der Waals surface area contributed by atoms with Gasteiger partial charge in [-0.15, -0.1) is 0 Å². The number of nitrogens with one attached hydrogen (secondary N) is 1. The van der Waals surface area contributed by atoms with Crippen LogP contribution in [0.3, 0.4) is 0 Å². The summed E-state index contributed by atoms with van der Waals surface area (Å²) in [6.45, 7) is 1.89. The average Bonchev–Trinajstić information content (AvgIpc) is 2.91. The highest BCUT2D eigenvalue weighted by Gasteiger charge is 2.21. The molecule has 3 nitrogen and oxygen atoms in total. The van der Waals surface area contributed by atoms with Crippen molar-refractivity contribution in [3.63, 3.8) is 0 Å². The predicted octanol–water partition coefficient (Wildman–Crippen LogP) is 2.43. The molecule has 1 aliphatic heterocycles. The maximum Gasteiger partial charge on any atom is 0.338 e. The summed E-state index contributed by atoms with van der Waals surface area (Å²) in [5, 5.41) is 3.33. The molecule has 2 aliphatic rings. The monoisotopic (exact) mass is 245 g/mol. The van der Waals surface area contributed by atoms with Gasteiger partial charge in [0.05, 0.1) is 5.56 Å². The summed E-state index contributed by atoms with van der Waals surface area (Å²) in [4.78, 5) is 12.0. The molecule has 0 bridgehead atoms. The second kappa shape index (κ2) is 5.11. The third-order valence-electron chi connectivity index (χ3n) is 3.90. The fraction of sp³-hybridized carbons (Fsp3) is 0.533. The highest BCUT2D eigenvalue weighted by Crippen LogP contribution is 2.23. The van der Waals surface area contributed by atoms with E-state index in [-0.39, 0.29) is 12.1 Å². The quantitative estimate of drug-likeness (QED) is 0.813. The van der Waals surface area contributed by atoms with Gasteiger partial charge in [-0.1, -0.05) is 6.07 Å². The maximum absolute atomic E-state index is 12.0. The minimum atomic E-state index is -0.157. The Hall–Kier alpha value is -1.35. The highest BCUT2D eigenvalue weighted by molar-refractivity contribution is 5.89. The molecule has 1 heterocycles. The van der Waals surface area contributed by atoms with Gasteiger partial charge in [-0.3, -0.25) is 0 Å². The highest BCUT2D eigenvalue weighted by atomic mass is 16.5. The first-order chi connectivity index (χ1) is 8.83. The van der Waals surface area contributed by atoms with Crippen molar-refractivity contribution in [1.29, 1.82) is 0 Å². The minimum Gasteiger partial charge on any atom is -0.459 e. The maximum atomic E-state index is 12.0. The predicted molar refractivity (Wildman–Crippen MR) is 69.5 cm³/mol. The van der Waals surface area contributed by atoms with Crippen molar-refractivity contribution >= 4 is 5.97 Å². The molecular weight excluding hydrogens is 226 g/mol. The van der Waals surface area contributed by atoms with E-state index in [0.29, 0.717) is 5.56 Å². The van der Waals surface area contributed by atoms with Crippen molar-refractivity contribution < 1.29 is 9.53 Å². The van der Waals surface area contributed by atoms with Gasteiger partial charge in [0.2, 0.25) is 0 Å². The minimum absolute atomic E-state index is 0.145.